The number of rotatable bonds is 1. The van der Waals surface area contributed by atoms with Crippen LogP contribution in [0.3, 0.4) is 0 Å². The van der Waals surface area contributed by atoms with Crippen molar-refractivity contribution in [1.82, 2.24) is 0 Å². The summed E-state index contributed by atoms with van der Waals surface area (Å²) < 4.78 is 7.59. The first-order valence-corrected chi connectivity index (χ1v) is 7.03. The molecule has 2 heterocycles. The number of pyridine rings is 1. The van der Waals surface area contributed by atoms with Gasteiger partial charge in [-0.1, -0.05) is 15.9 Å². The molecule has 0 saturated heterocycles. The third kappa shape index (κ3) is 2.29. The third-order valence-electron chi connectivity index (χ3n) is 3.00. The number of benzene rings is 1. The summed E-state index contributed by atoms with van der Waals surface area (Å²) in [5.41, 5.74) is 1.28. The zero-order chi connectivity index (χ0) is 14.3. The molecular formula is C15H13BrN2O2. The molecule has 1 aromatic heterocycles. The molecule has 1 aliphatic rings. The third-order valence-corrected chi connectivity index (χ3v) is 3.50. The average molecular weight is 333 g/mol. The highest BCUT2D eigenvalue weighted by molar-refractivity contribution is 9.10. The summed E-state index contributed by atoms with van der Waals surface area (Å²) in [5.74, 6) is 0.729. The summed E-state index contributed by atoms with van der Waals surface area (Å²) in [7, 11) is 0. The van der Waals surface area contributed by atoms with Gasteiger partial charge in [0, 0.05) is 16.6 Å². The van der Waals surface area contributed by atoms with Gasteiger partial charge in [-0.3, -0.25) is 0 Å². The first-order valence-electron chi connectivity index (χ1n) is 6.24. The van der Waals surface area contributed by atoms with Gasteiger partial charge in [-0.05, 0) is 38.1 Å². The number of nitrogens with zero attached hydrogens (tertiary/aromatic N) is 2. The van der Waals surface area contributed by atoms with Crippen molar-refractivity contribution in [3.63, 3.8) is 0 Å². The molecule has 102 valence electrons. The smallest absolute Gasteiger partial charge is 0.242 e. The SMILES string of the molecule is CC1(C)N=C(c2cccc[n+]2[O-])c2cc(Br)ccc2O1. The van der Waals surface area contributed by atoms with Gasteiger partial charge in [-0.2, -0.15) is 4.73 Å². The molecule has 0 atom stereocenters. The van der Waals surface area contributed by atoms with E-state index in [9.17, 15) is 5.21 Å². The summed E-state index contributed by atoms with van der Waals surface area (Å²) in [6, 6.07) is 11.0. The molecule has 0 spiro atoms. The van der Waals surface area contributed by atoms with Gasteiger partial charge in [-0.15, -0.1) is 0 Å². The molecule has 3 rings (SSSR count). The van der Waals surface area contributed by atoms with Gasteiger partial charge in [-0.25, -0.2) is 4.99 Å². The van der Waals surface area contributed by atoms with E-state index >= 15 is 0 Å². The molecule has 0 bridgehead atoms. The topological polar surface area (TPSA) is 48.5 Å². The van der Waals surface area contributed by atoms with Gasteiger partial charge in [0.25, 0.3) is 0 Å². The van der Waals surface area contributed by atoms with E-state index in [0.717, 1.165) is 20.5 Å². The predicted molar refractivity (Wildman–Crippen MR) is 79.9 cm³/mol. The zero-order valence-electron chi connectivity index (χ0n) is 11.1. The number of hydrogen-bond acceptors (Lipinski definition) is 3. The minimum Gasteiger partial charge on any atom is -0.618 e. The monoisotopic (exact) mass is 332 g/mol. The van der Waals surface area contributed by atoms with E-state index in [0.29, 0.717) is 11.4 Å². The minimum absolute atomic E-state index is 0.517. The van der Waals surface area contributed by atoms with Gasteiger partial charge in [0.1, 0.15) is 11.5 Å². The molecule has 0 aliphatic carbocycles. The van der Waals surface area contributed by atoms with Crippen LogP contribution in [0.1, 0.15) is 25.1 Å². The van der Waals surface area contributed by atoms with Crippen molar-refractivity contribution >= 4 is 21.6 Å². The second kappa shape index (κ2) is 4.59. The molecule has 0 unspecified atom stereocenters. The van der Waals surface area contributed by atoms with E-state index in [1.165, 1.54) is 6.20 Å². The maximum Gasteiger partial charge on any atom is 0.242 e. The molecule has 0 fully saturated rings. The Hall–Kier alpha value is -1.88. The summed E-state index contributed by atoms with van der Waals surface area (Å²) >= 11 is 3.44. The first-order chi connectivity index (χ1) is 9.46. The van der Waals surface area contributed by atoms with Crippen molar-refractivity contribution in [2.24, 2.45) is 4.99 Å². The van der Waals surface area contributed by atoms with Gasteiger partial charge < -0.3 is 9.94 Å². The highest BCUT2D eigenvalue weighted by Gasteiger charge is 2.31. The first kappa shape index (κ1) is 13.1. The fourth-order valence-corrected chi connectivity index (χ4v) is 2.57. The van der Waals surface area contributed by atoms with Crippen LogP contribution in [0.5, 0.6) is 5.75 Å². The molecular weight excluding hydrogens is 320 g/mol. The van der Waals surface area contributed by atoms with E-state index in [4.69, 9.17) is 4.74 Å². The summed E-state index contributed by atoms with van der Waals surface area (Å²) in [4.78, 5) is 4.58. The summed E-state index contributed by atoms with van der Waals surface area (Å²) in [6.07, 6.45) is 1.47. The Balaban J connectivity index is 2.25. The number of ether oxygens (including phenoxy) is 1. The van der Waals surface area contributed by atoms with E-state index in [1.54, 1.807) is 12.1 Å². The lowest BCUT2D eigenvalue weighted by Gasteiger charge is -2.29. The second-order valence-corrected chi connectivity index (χ2v) is 5.98. The van der Waals surface area contributed by atoms with Crippen LogP contribution in [0.2, 0.25) is 0 Å². The average Bonchev–Trinajstić information content (AvgIpc) is 2.38. The lowest BCUT2D eigenvalue weighted by molar-refractivity contribution is -0.606. The standard InChI is InChI=1S/C15H13BrN2O2/c1-15(2)17-14(12-5-3-4-8-18(12)19)11-9-10(16)6-7-13(11)20-15/h3-9H,1-2H3. The maximum absolute atomic E-state index is 12.0. The summed E-state index contributed by atoms with van der Waals surface area (Å²) in [6.45, 7) is 3.74. The van der Waals surface area contributed by atoms with Crippen molar-refractivity contribution in [3.05, 3.63) is 63.5 Å². The van der Waals surface area contributed by atoms with Crippen LogP contribution in [0, 0.1) is 5.21 Å². The van der Waals surface area contributed by atoms with Gasteiger partial charge >= 0.3 is 0 Å². The van der Waals surface area contributed by atoms with E-state index < -0.39 is 5.72 Å². The molecule has 2 aromatic rings. The highest BCUT2D eigenvalue weighted by atomic mass is 79.9. The Morgan fingerprint density at radius 2 is 2.05 bits per heavy atom. The predicted octanol–water partition coefficient (Wildman–Crippen LogP) is 3.05. The van der Waals surface area contributed by atoms with Gasteiger partial charge in [0.05, 0.1) is 5.56 Å². The Labute approximate surface area is 125 Å². The molecule has 0 radical (unpaired) electrons. The number of hydrogen-bond donors (Lipinski definition) is 0. The fourth-order valence-electron chi connectivity index (χ4n) is 2.20. The molecule has 0 saturated carbocycles. The van der Waals surface area contributed by atoms with Crippen LogP contribution in [0.25, 0.3) is 0 Å². The van der Waals surface area contributed by atoms with Crippen LogP contribution < -0.4 is 9.47 Å². The molecule has 5 heteroatoms. The molecule has 1 aliphatic heterocycles. The van der Waals surface area contributed by atoms with Gasteiger partial charge in [0.15, 0.2) is 11.9 Å². The second-order valence-electron chi connectivity index (χ2n) is 5.06. The van der Waals surface area contributed by atoms with Crippen molar-refractivity contribution in [2.75, 3.05) is 0 Å². The maximum atomic E-state index is 12.0. The molecule has 1 aromatic carbocycles. The zero-order valence-corrected chi connectivity index (χ0v) is 12.7. The summed E-state index contributed by atoms with van der Waals surface area (Å²) in [5, 5.41) is 12.0. The van der Waals surface area contributed by atoms with Crippen LogP contribution in [0.4, 0.5) is 0 Å². The van der Waals surface area contributed by atoms with Crippen molar-refractivity contribution in [1.29, 1.82) is 0 Å². The largest absolute Gasteiger partial charge is 0.618 e. The van der Waals surface area contributed by atoms with Crippen molar-refractivity contribution in [2.45, 2.75) is 19.6 Å². The lowest BCUT2D eigenvalue weighted by atomic mass is 10.0. The van der Waals surface area contributed by atoms with E-state index in [1.807, 2.05) is 38.1 Å². The molecule has 0 amide bonds. The Morgan fingerprint density at radius 1 is 1.25 bits per heavy atom. The lowest BCUT2D eigenvalue weighted by Crippen LogP contribution is -2.39. The Kier molecular flexibility index (Phi) is 3.01. The normalized spacial score (nSPS) is 16.1. The van der Waals surface area contributed by atoms with E-state index in [2.05, 4.69) is 20.9 Å². The molecule has 20 heavy (non-hydrogen) atoms. The van der Waals surface area contributed by atoms with Crippen molar-refractivity contribution < 1.29 is 9.47 Å². The molecule has 0 N–H and O–H groups in total. The number of fused-ring (bicyclic) bond motifs is 1. The van der Waals surface area contributed by atoms with Crippen LogP contribution >= 0.6 is 15.9 Å². The quantitative estimate of drug-likeness (QED) is 0.595. The van der Waals surface area contributed by atoms with Crippen LogP contribution in [-0.4, -0.2) is 11.4 Å². The van der Waals surface area contributed by atoms with Crippen LogP contribution in [-0.2, 0) is 0 Å². The number of halogens is 1. The van der Waals surface area contributed by atoms with Gasteiger partial charge in [0.2, 0.25) is 5.69 Å². The number of aromatic nitrogens is 1. The highest BCUT2D eigenvalue weighted by Crippen LogP contribution is 2.33. The fraction of sp³-hybridized carbons (Fsp3) is 0.200. The number of aliphatic imine (C=N–C) groups is 1. The van der Waals surface area contributed by atoms with E-state index in [-0.39, 0.29) is 0 Å². The van der Waals surface area contributed by atoms with Crippen molar-refractivity contribution in [3.8, 4) is 5.75 Å². The van der Waals surface area contributed by atoms with Crippen LogP contribution in [0.15, 0.2) is 52.1 Å². The Bertz CT molecular complexity index is 711. The molecule has 4 nitrogen and oxygen atoms in total. The Morgan fingerprint density at radius 3 is 2.80 bits per heavy atom. The minimum atomic E-state index is -0.695.